The Balaban J connectivity index is 0.00000210. The van der Waals surface area contributed by atoms with Crippen molar-refractivity contribution in [3.63, 3.8) is 0 Å². The van der Waals surface area contributed by atoms with Crippen LogP contribution in [0.25, 0.3) is 0 Å². The zero-order chi connectivity index (χ0) is 18.1. The highest BCUT2D eigenvalue weighted by Crippen LogP contribution is 2.37. The summed E-state index contributed by atoms with van der Waals surface area (Å²) in [7, 11) is -0.980. The minimum atomic E-state index is -1.12. The molecule has 9 nitrogen and oxygen atoms in total. The van der Waals surface area contributed by atoms with Gasteiger partial charge in [-0.3, -0.25) is 9.58 Å². The number of hydrogen-bond acceptors (Lipinski definition) is 7. The number of likely N-dealkylation sites (tertiary alicyclic amines) is 1. The lowest BCUT2D eigenvalue weighted by Crippen LogP contribution is -2.54. The minimum absolute atomic E-state index is 0. The molecule has 2 aliphatic heterocycles. The number of aromatic carboxylic acids is 1. The topological polar surface area (TPSA) is 110 Å². The Kier molecular flexibility index (Phi) is 5.88. The van der Waals surface area contributed by atoms with E-state index in [2.05, 4.69) is 15.2 Å². The number of rotatable bonds is 6. The number of halogens is 1. The van der Waals surface area contributed by atoms with Crippen molar-refractivity contribution >= 4 is 25.5 Å². The van der Waals surface area contributed by atoms with Crippen molar-refractivity contribution in [2.75, 3.05) is 19.6 Å². The smallest absolute Gasteiger partial charge is 0.522 e. The Morgan fingerprint density at radius 2 is 2.19 bits per heavy atom. The molecule has 0 unspecified atom stereocenters. The van der Waals surface area contributed by atoms with E-state index in [1.807, 2.05) is 12.3 Å². The van der Waals surface area contributed by atoms with Gasteiger partial charge in [0.2, 0.25) is 0 Å². The van der Waals surface area contributed by atoms with Gasteiger partial charge in [0.1, 0.15) is 23.2 Å². The molecule has 0 aliphatic carbocycles. The molecule has 27 heavy (non-hydrogen) atoms. The van der Waals surface area contributed by atoms with E-state index in [4.69, 9.17) is 9.39 Å². The van der Waals surface area contributed by atoms with Gasteiger partial charge in [0.15, 0.2) is 0 Å². The summed E-state index contributed by atoms with van der Waals surface area (Å²) < 4.78 is 13.0. The van der Waals surface area contributed by atoms with Crippen LogP contribution in [0.3, 0.4) is 0 Å². The zero-order valence-electron chi connectivity index (χ0n) is 14.5. The lowest BCUT2D eigenvalue weighted by atomic mass is 9.78. The van der Waals surface area contributed by atoms with Gasteiger partial charge in [0, 0.05) is 25.8 Å². The van der Waals surface area contributed by atoms with Gasteiger partial charge in [-0.15, -0.1) is 17.5 Å². The van der Waals surface area contributed by atoms with E-state index in [-0.39, 0.29) is 35.6 Å². The maximum atomic E-state index is 11.7. The fraction of sp³-hybridized carbons (Fsp3) is 0.438. The molecule has 2 N–H and O–H groups in total. The van der Waals surface area contributed by atoms with Crippen LogP contribution in [0.5, 0.6) is 11.5 Å². The van der Waals surface area contributed by atoms with E-state index in [1.54, 1.807) is 16.9 Å². The summed E-state index contributed by atoms with van der Waals surface area (Å²) in [6, 6.07) is 3.49. The monoisotopic (exact) mass is 394 g/mol. The number of hydrogen-bond donors (Lipinski definition) is 2. The normalized spacial score (nSPS) is 16.7. The lowest BCUT2D eigenvalue weighted by Gasteiger charge is -2.39. The third-order valence-corrected chi connectivity index (χ3v) is 4.66. The average Bonchev–Trinajstić information content (AvgIpc) is 3.09. The molecule has 1 aromatic heterocycles. The zero-order valence-corrected chi connectivity index (χ0v) is 15.3. The Bertz CT molecular complexity index is 800. The predicted octanol–water partition coefficient (Wildman–Crippen LogP) is 0.577. The van der Waals surface area contributed by atoms with E-state index in [1.165, 1.54) is 0 Å². The molecule has 0 radical (unpaired) electrons. The van der Waals surface area contributed by atoms with E-state index in [9.17, 15) is 14.9 Å². The summed E-state index contributed by atoms with van der Waals surface area (Å²) in [6.45, 7) is 3.01. The second kappa shape index (κ2) is 8.16. The Morgan fingerprint density at radius 3 is 2.89 bits per heavy atom. The van der Waals surface area contributed by atoms with E-state index >= 15 is 0 Å². The third-order valence-electron chi connectivity index (χ3n) is 4.66. The number of carboxylic acid groups (broad SMARTS) is 1. The molecular weight excluding hydrogens is 374 g/mol. The van der Waals surface area contributed by atoms with Crippen LogP contribution < -0.4 is 9.39 Å². The first-order valence-corrected chi connectivity index (χ1v) is 8.57. The number of carbonyl (C=O) groups is 1. The van der Waals surface area contributed by atoms with Crippen LogP contribution in [0, 0.1) is 0 Å². The third kappa shape index (κ3) is 4.18. The molecule has 0 atom stereocenters. The van der Waals surface area contributed by atoms with Crippen LogP contribution in [-0.4, -0.2) is 68.9 Å². The highest BCUT2D eigenvalue weighted by Gasteiger charge is 2.33. The molecular formula is C16H20BClN4O5. The molecule has 11 heteroatoms. The van der Waals surface area contributed by atoms with E-state index in [0.717, 1.165) is 18.7 Å². The van der Waals surface area contributed by atoms with Gasteiger partial charge in [-0.1, -0.05) is 11.3 Å². The van der Waals surface area contributed by atoms with Crippen molar-refractivity contribution < 1.29 is 24.3 Å². The second-order valence-electron chi connectivity index (χ2n) is 6.51. The van der Waals surface area contributed by atoms with Gasteiger partial charge in [0.25, 0.3) is 0 Å². The fourth-order valence-corrected chi connectivity index (χ4v) is 3.27. The average molecular weight is 395 g/mol. The molecule has 1 saturated heterocycles. The summed E-state index contributed by atoms with van der Waals surface area (Å²) in [6.07, 6.45) is 4.42. The van der Waals surface area contributed by atoms with Crippen LogP contribution >= 0.6 is 12.4 Å². The first kappa shape index (κ1) is 19.5. The standard InChI is InChI=1S/C16H19BN4O5.ClH/c22-16(23)14-13(2-1-11-3-4-17(24)26-15(11)14)25-12-9-20(10-12)7-8-21-6-5-18-19-21;/h1-2,5-6,12,24H,3-4,7-10H2,(H,22,23);1H. The number of carboxylic acids is 1. The van der Waals surface area contributed by atoms with Crippen LogP contribution in [0.4, 0.5) is 0 Å². The summed E-state index contributed by atoms with van der Waals surface area (Å²) in [5.74, 6) is -0.615. The fourth-order valence-electron chi connectivity index (χ4n) is 3.27. The maximum Gasteiger partial charge on any atom is 0.522 e. The van der Waals surface area contributed by atoms with Crippen LogP contribution in [-0.2, 0) is 13.0 Å². The Hall–Kier alpha value is -2.30. The molecule has 2 aliphatic rings. The minimum Gasteiger partial charge on any atom is -0.535 e. The number of ether oxygens (including phenoxy) is 1. The molecule has 0 bridgehead atoms. The van der Waals surface area contributed by atoms with Crippen molar-refractivity contribution in [3.05, 3.63) is 35.7 Å². The number of aromatic nitrogens is 3. The summed E-state index contributed by atoms with van der Waals surface area (Å²) in [4.78, 5) is 13.9. The predicted molar refractivity (Wildman–Crippen MR) is 98.6 cm³/mol. The molecule has 1 aromatic carbocycles. The first-order valence-electron chi connectivity index (χ1n) is 8.57. The van der Waals surface area contributed by atoms with Gasteiger partial charge >= 0.3 is 13.1 Å². The van der Waals surface area contributed by atoms with Crippen molar-refractivity contribution in [1.82, 2.24) is 19.9 Å². The van der Waals surface area contributed by atoms with Crippen LogP contribution in [0.15, 0.2) is 24.5 Å². The molecule has 144 valence electrons. The molecule has 3 heterocycles. The Labute approximate surface area is 162 Å². The SMILES string of the molecule is Cl.O=C(O)c1c(OC2CN(CCn3ccnn3)C2)ccc2c1OB(O)CC2. The van der Waals surface area contributed by atoms with Gasteiger partial charge in [-0.25, -0.2) is 4.79 Å². The summed E-state index contributed by atoms with van der Waals surface area (Å²) in [5.41, 5.74) is 0.769. The van der Waals surface area contributed by atoms with Crippen molar-refractivity contribution in [3.8, 4) is 11.5 Å². The second-order valence-corrected chi connectivity index (χ2v) is 6.51. The molecule has 2 aromatic rings. The van der Waals surface area contributed by atoms with E-state index < -0.39 is 13.1 Å². The highest BCUT2D eigenvalue weighted by molar-refractivity contribution is 6.44. The number of aryl methyl sites for hydroxylation is 1. The lowest BCUT2D eigenvalue weighted by molar-refractivity contribution is 0.0162. The van der Waals surface area contributed by atoms with Crippen molar-refractivity contribution in [2.24, 2.45) is 0 Å². The molecule has 4 rings (SSSR count). The van der Waals surface area contributed by atoms with Gasteiger partial charge in [-0.2, -0.15) is 0 Å². The summed E-state index contributed by atoms with van der Waals surface area (Å²) in [5, 5.41) is 27.0. The first-order chi connectivity index (χ1) is 12.6. The molecule has 1 fully saturated rings. The number of nitrogens with zero attached hydrogens (tertiary/aromatic N) is 4. The van der Waals surface area contributed by atoms with Gasteiger partial charge in [0.05, 0.1) is 12.7 Å². The van der Waals surface area contributed by atoms with Gasteiger partial charge in [-0.05, 0) is 24.4 Å². The van der Waals surface area contributed by atoms with Crippen molar-refractivity contribution in [2.45, 2.75) is 25.4 Å². The number of fused-ring (bicyclic) bond motifs is 1. The summed E-state index contributed by atoms with van der Waals surface area (Å²) >= 11 is 0. The van der Waals surface area contributed by atoms with E-state index in [0.29, 0.717) is 25.8 Å². The maximum absolute atomic E-state index is 11.7. The Morgan fingerprint density at radius 1 is 1.37 bits per heavy atom. The van der Waals surface area contributed by atoms with Crippen LogP contribution in [0.2, 0.25) is 6.32 Å². The number of benzene rings is 1. The largest absolute Gasteiger partial charge is 0.535 e. The van der Waals surface area contributed by atoms with Crippen molar-refractivity contribution in [1.29, 1.82) is 0 Å². The van der Waals surface area contributed by atoms with Gasteiger partial charge < -0.3 is 19.5 Å². The quantitative estimate of drug-likeness (QED) is 0.685. The molecule has 0 spiro atoms. The van der Waals surface area contributed by atoms with Crippen LogP contribution in [0.1, 0.15) is 15.9 Å². The molecule has 0 amide bonds. The highest BCUT2D eigenvalue weighted by atomic mass is 35.5. The molecule has 0 saturated carbocycles.